The van der Waals surface area contributed by atoms with Crippen LogP contribution in [0.5, 0.6) is 0 Å². The molecule has 0 saturated heterocycles. The van der Waals surface area contributed by atoms with Crippen molar-refractivity contribution in [3.8, 4) is 0 Å². The first kappa shape index (κ1) is 20.9. The van der Waals surface area contributed by atoms with Crippen LogP contribution in [0.1, 0.15) is 92.4 Å². The molecule has 128 valence electrons. The van der Waals surface area contributed by atoms with E-state index in [9.17, 15) is 0 Å². The quantitative estimate of drug-likeness (QED) is 0.394. The molecule has 0 aliphatic carbocycles. The molecule has 2 atom stereocenters. The summed E-state index contributed by atoms with van der Waals surface area (Å²) in [5.74, 6) is 1.72. The molecule has 0 aliphatic heterocycles. The molecule has 0 fully saturated rings. The van der Waals surface area contributed by atoms with E-state index >= 15 is 0 Å². The van der Waals surface area contributed by atoms with Crippen molar-refractivity contribution in [1.29, 1.82) is 0 Å². The van der Waals surface area contributed by atoms with Gasteiger partial charge in [0.15, 0.2) is 0 Å². The first-order valence-corrected chi connectivity index (χ1v) is 9.69. The Balaban J connectivity index is 4.38. The highest BCUT2D eigenvalue weighted by Gasteiger charge is 2.16. The Kier molecular flexibility index (Phi) is 14.8. The average Bonchev–Trinajstić information content (AvgIpc) is 2.52. The highest BCUT2D eigenvalue weighted by atomic mass is 15.5. The minimum absolute atomic E-state index is 0.859. The Morgan fingerprint density at radius 3 is 1.52 bits per heavy atom. The molecule has 0 rings (SSSR count). The van der Waals surface area contributed by atoms with Gasteiger partial charge in [-0.2, -0.15) is 0 Å². The van der Waals surface area contributed by atoms with E-state index in [1.54, 1.807) is 0 Å². The molecule has 0 heterocycles. The average molecular weight is 299 g/mol. The molecule has 2 heteroatoms. The van der Waals surface area contributed by atoms with Gasteiger partial charge in [-0.3, -0.25) is 5.43 Å². The van der Waals surface area contributed by atoms with Crippen LogP contribution in [0.25, 0.3) is 0 Å². The summed E-state index contributed by atoms with van der Waals surface area (Å²) in [6.45, 7) is 15.2. The molecular weight excluding hydrogens is 256 g/mol. The summed E-state index contributed by atoms with van der Waals surface area (Å²) >= 11 is 0. The van der Waals surface area contributed by atoms with Gasteiger partial charge in [-0.1, -0.05) is 73.1 Å². The van der Waals surface area contributed by atoms with Crippen LogP contribution in [0.3, 0.4) is 0 Å². The maximum atomic E-state index is 3.69. The highest BCUT2D eigenvalue weighted by molar-refractivity contribution is 4.67. The highest BCUT2D eigenvalue weighted by Crippen LogP contribution is 2.17. The molecule has 21 heavy (non-hydrogen) atoms. The zero-order valence-corrected chi connectivity index (χ0v) is 15.6. The number of hydrogen-bond acceptors (Lipinski definition) is 2. The summed E-state index contributed by atoms with van der Waals surface area (Å²) < 4.78 is 0. The molecule has 0 radical (unpaired) electrons. The normalized spacial score (nSPS) is 14.6. The van der Waals surface area contributed by atoms with Gasteiger partial charge in [0, 0.05) is 19.6 Å². The van der Waals surface area contributed by atoms with Gasteiger partial charge < -0.3 is 0 Å². The minimum Gasteiger partial charge on any atom is -0.255 e. The Morgan fingerprint density at radius 1 is 0.714 bits per heavy atom. The van der Waals surface area contributed by atoms with Gasteiger partial charge in [0.25, 0.3) is 0 Å². The SMILES string of the molecule is CCCCC(CC)CN(CC(CC)CCCC)NCCC. The number of hydrogen-bond donors (Lipinski definition) is 1. The van der Waals surface area contributed by atoms with E-state index in [4.69, 9.17) is 0 Å². The summed E-state index contributed by atoms with van der Waals surface area (Å²) in [6, 6.07) is 0. The molecule has 1 N–H and O–H groups in total. The van der Waals surface area contributed by atoms with E-state index in [0.29, 0.717) is 0 Å². The van der Waals surface area contributed by atoms with E-state index in [1.807, 2.05) is 0 Å². The van der Waals surface area contributed by atoms with Crippen LogP contribution in [-0.2, 0) is 0 Å². The lowest BCUT2D eigenvalue weighted by atomic mass is 9.96. The maximum Gasteiger partial charge on any atom is 0.0159 e. The number of nitrogens with one attached hydrogen (secondary N) is 1. The first-order valence-electron chi connectivity index (χ1n) is 9.69. The van der Waals surface area contributed by atoms with E-state index in [1.165, 1.54) is 70.9 Å². The number of hydrazine groups is 1. The van der Waals surface area contributed by atoms with Crippen LogP contribution in [0.4, 0.5) is 0 Å². The summed E-state index contributed by atoms with van der Waals surface area (Å²) in [4.78, 5) is 0. The molecule has 2 unspecified atom stereocenters. The van der Waals surface area contributed by atoms with Gasteiger partial charge >= 0.3 is 0 Å². The fraction of sp³-hybridized carbons (Fsp3) is 1.00. The topological polar surface area (TPSA) is 15.3 Å². The van der Waals surface area contributed by atoms with Crippen LogP contribution < -0.4 is 5.43 Å². The van der Waals surface area contributed by atoms with Crippen molar-refractivity contribution in [3.63, 3.8) is 0 Å². The van der Waals surface area contributed by atoms with Crippen molar-refractivity contribution >= 4 is 0 Å². The van der Waals surface area contributed by atoms with Crippen molar-refractivity contribution in [1.82, 2.24) is 10.4 Å². The van der Waals surface area contributed by atoms with E-state index in [2.05, 4.69) is 45.1 Å². The zero-order valence-electron chi connectivity index (χ0n) is 15.6. The molecule has 0 aromatic carbocycles. The second-order valence-corrected chi connectivity index (χ2v) is 6.65. The van der Waals surface area contributed by atoms with Gasteiger partial charge in [-0.25, -0.2) is 5.01 Å². The van der Waals surface area contributed by atoms with Crippen molar-refractivity contribution in [2.24, 2.45) is 11.8 Å². The Morgan fingerprint density at radius 2 is 1.19 bits per heavy atom. The van der Waals surface area contributed by atoms with Crippen LogP contribution >= 0.6 is 0 Å². The summed E-state index contributed by atoms with van der Waals surface area (Å²) in [5, 5.41) is 2.55. The number of nitrogens with zero attached hydrogens (tertiary/aromatic N) is 1. The number of unbranched alkanes of at least 4 members (excludes halogenated alkanes) is 2. The van der Waals surface area contributed by atoms with Gasteiger partial charge in [0.2, 0.25) is 0 Å². The second kappa shape index (κ2) is 14.8. The molecule has 0 bridgehead atoms. The zero-order chi connectivity index (χ0) is 15.9. The fourth-order valence-corrected chi connectivity index (χ4v) is 2.93. The van der Waals surface area contributed by atoms with Crippen molar-refractivity contribution in [2.45, 2.75) is 92.4 Å². The van der Waals surface area contributed by atoms with Gasteiger partial charge in [0.05, 0.1) is 0 Å². The molecule has 2 nitrogen and oxygen atoms in total. The van der Waals surface area contributed by atoms with E-state index in [-0.39, 0.29) is 0 Å². The maximum absolute atomic E-state index is 3.69. The van der Waals surface area contributed by atoms with E-state index in [0.717, 1.165) is 18.4 Å². The third kappa shape index (κ3) is 11.2. The van der Waals surface area contributed by atoms with Crippen molar-refractivity contribution in [2.75, 3.05) is 19.6 Å². The molecular formula is C19H42N2. The monoisotopic (exact) mass is 298 g/mol. The third-order valence-electron chi connectivity index (χ3n) is 4.63. The van der Waals surface area contributed by atoms with Gasteiger partial charge in [0.1, 0.15) is 0 Å². The lowest BCUT2D eigenvalue weighted by molar-refractivity contribution is 0.121. The predicted molar refractivity (Wildman–Crippen MR) is 96.5 cm³/mol. The predicted octanol–water partition coefficient (Wildman–Crippen LogP) is 5.64. The van der Waals surface area contributed by atoms with Gasteiger partial charge in [-0.15, -0.1) is 0 Å². The van der Waals surface area contributed by atoms with Crippen LogP contribution in [0, 0.1) is 11.8 Å². The smallest absolute Gasteiger partial charge is 0.0159 e. The standard InChI is InChI=1S/C19H42N2/c1-6-11-13-18(9-4)16-21(20-15-8-3)17-19(10-5)14-12-7-2/h18-20H,6-17H2,1-5H3. The molecule has 0 amide bonds. The molecule has 0 spiro atoms. The summed E-state index contributed by atoms with van der Waals surface area (Å²) in [6.07, 6.45) is 12.0. The fourth-order valence-electron chi connectivity index (χ4n) is 2.93. The molecule has 0 saturated carbocycles. The Hall–Kier alpha value is -0.0800. The lowest BCUT2D eigenvalue weighted by Crippen LogP contribution is -2.44. The van der Waals surface area contributed by atoms with Crippen molar-refractivity contribution in [3.05, 3.63) is 0 Å². The van der Waals surface area contributed by atoms with Crippen LogP contribution in [0.2, 0.25) is 0 Å². The number of rotatable bonds is 15. The first-order chi connectivity index (χ1) is 10.2. The van der Waals surface area contributed by atoms with Gasteiger partial charge in [-0.05, 0) is 31.1 Å². The second-order valence-electron chi connectivity index (χ2n) is 6.65. The lowest BCUT2D eigenvalue weighted by Gasteiger charge is -2.31. The third-order valence-corrected chi connectivity index (χ3v) is 4.63. The molecule has 0 aromatic heterocycles. The summed E-state index contributed by atoms with van der Waals surface area (Å²) in [7, 11) is 0. The Labute approximate surface area is 135 Å². The summed E-state index contributed by atoms with van der Waals surface area (Å²) in [5.41, 5.74) is 3.69. The van der Waals surface area contributed by atoms with Crippen molar-refractivity contribution < 1.29 is 0 Å². The van der Waals surface area contributed by atoms with E-state index < -0.39 is 0 Å². The van der Waals surface area contributed by atoms with Crippen LogP contribution in [-0.4, -0.2) is 24.6 Å². The Bertz CT molecular complexity index is 188. The minimum atomic E-state index is 0.859. The molecule has 0 aromatic rings. The van der Waals surface area contributed by atoms with Crippen LogP contribution in [0.15, 0.2) is 0 Å². The largest absolute Gasteiger partial charge is 0.255 e. The molecule has 0 aliphatic rings.